The Bertz CT molecular complexity index is 1830. The van der Waals surface area contributed by atoms with Crippen molar-refractivity contribution >= 4 is 28.4 Å². The number of carbonyl (C=O) groups is 1. The molecule has 218 valence electrons. The van der Waals surface area contributed by atoms with E-state index < -0.39 is 0 Å². The Morgan fingerprint density at radius 3 is 2.60 bits per heavy atom. The number of halogens is 1. The van der Waals surface area contributed by atoms with Gasteiger partial charge in [-0.2, -0.15) is 0 Å². The van der Waals surface area contributed by atoms with Crippen molar-refractivity contribution < 1.29 is 13.9 Å². The number of fused-ring (bicyclic) bond motifs is 1. The lowest BCUT2D eigenvalue weighted by molar-refractivity contribution is -0.119. The van der Waals surface area contributed by atoms with E-state index >= 15 is 4.39 Å². The summed E-state index contributed by atoms with van der Waals surface area (Å²) < 4.78 is 21.8. The van der Waals surface area contributed by atoms with Gasteiger partial charge in [-0.3, -0.25) is 9.78 Å². The van der Waals surface area contributed by atoms with Crippen molar-refractivity contribution in [1.82, 2.24) is 30.6 Å². The fraction of sp³-hybridized carbons (Fsp3) is 0.242. The normalized spacial score (nSPS) is 14.6. The molecule has 0 bridgehead atoms. The third-order valence-electron chi connectivity index (χ3n) is 7.64. The Morgan fingerprint density at radius 2 is 1.79 bits per heavy atom. The summed E-state index contributed by atoms with van der Waals surface area (Å²) in [4.78, 5) is 29.6. The second kappa shape index (κ2) is 12.1. The van der Waals surface area contributed by atoms with Crippen LogP contribution in [0.4, 0.5) is 15.9 Å². The number of hydrogen-bond acceptors (Lipinski definition) is 8. The molecule has 43 heavy (non-hydrogen) atoms. The summed E-state index contributed by atoms with van der Waals surface area (Å²) >= 11 is 0. The number of nitrogens with zero attached hydrogens (tertiary/aromatic N) is 4. The van der Waals surface area contributed by atoms with E-state index in [4.69, 9.17) is 4.74 Å². The van der Waals surface area contributed by atoms with Crippen LogP contribution >= 0.6 is 0 Å². The van der Waals surface area contributed by atoms with Gasteiger partial charge in [0, 0.05) is 54.1 Å². The van der Waals surface area contributed by atoms with Crippen LogP contribution in [0.2, 0.25) is 0 Å². The summed E-state index contributed by atoms with van der Waals surface area (Å²) in [7, 11) is 1.55. The summed E-state index contributed by atoms with van der Waals surface area (Å²) in [6.45, 7) is 4.96. The first-order valence-electron chi connectivity index (χ1n) is 14.2. The van der Waals surface area contributed by atoms with Gasteiger partial charge < -0.3 is 20.7 Å². The fourth-order valence-corrected chi connectivity index (χ4v) is 5.44. The lowest BCUT2D eigenvalue weighted by atomic mass is 9.95. The third kappa shape index (κ3) is 5.87. The van der Waals surface area contributed by atoms with E-state index in [1.165, 1.54) is 0 Å². The first-order chi connectivity index (χ1) is 20.9. The Morgan fingerprint density at radius 1 is 0.977 bits per heavy atom. The van der Waals surface area contributed by atoms with Crippen LogP contribution < -0.4 is 20.7 Å². The lowest BCUT2D eigenvalue weighted by Crippen LogP contribution is -2.35. The molecule has 1 aliphatic rings. The minimum atomic E-state index is -0.370. The second-order valence-corrected chi connectivity index (χ2v) is 10.6. The average molecular weight is 578 g/mol. The van der Waals surface area contributed by atoms with Gasteiger partial charge in [-0.1, -0.05) is 30.3 Å². The minimum absolute atomic E-state index is 0.0876. The van der Waals surface area contributed by atoms with Gasteiger partial charge in [0.15, 0.2) is 5.82 Å². The number of hydrogen-bond donors (Lipinski definition) is 3. The molecule has 0 aliphatic carbocycles. The molecular formula is C33H32FN7O2. The molecule has 3 aromatic heterocycles. The van der Waals surface area contributed by atoms with Crippen LogP contribution in [0.5, 0.6) is 5.88 Å². The number of methoxy groups -OCH3 is 1. The maximum atomic E-state index is 16.2. The highest BCUT2D eigenvalue weighted by atomic mass is 19.1. The van der Waals surface area contributed by atoms with Crippen molar-refractivity contribution in [2.45, 2.75) is 39.3 Å². The summed E-state index contributed by atoms with van der Waals surface area (Å²) in [6, 6.07) is 18.6. The summed E-state index contributed by atoms with van der Waals surface area (Å²) in [6.07, 6.45) is 3.09. The number of anilines is 2. The molecule has 4 heterocycles. The molecule has 1 aliphatic heterocycles. The zero-order valence-electron chi connectivity index (χ0n) is 24.2. The molecule has 5 aromatic rings. The van der Waals surface area contributed by atoms with Crippen molar-refractivity contribution in [3.05, 3.63) is 89.6 Å². The van der Waals surface area contributed by atoms with Crippen molar-refractivity contribution in [3.8, 4) is 28.3 Å². The van der Waals surface area contributed by atoms with Crippen molar-refractivity contribution in [3.63, 3.8) is 0 Å². The Hall–Kier alpha value is -4.96. The van der Waals surface area contributed by atoms with Crippen LogP contribution in [0.15, 0.2) is 66.9 Å². The zero-order chi connectivity index (χ0) is 29.9. The molecule has 0 saturated carbocycles. The van der Waals surface area contributed by atoms with Gasteiger partial charge >= 0.3 is 0 Å². The van der Waals surface area contributed by atoms with E-state index in [0.29, 0.717) is 59.4 Å². The number of benzene rings is 2. The number of aromatic nitrogens is 4. The first-order valence-corrected chi connectivity index (χ1v) is 14.2. The Labute approximate surface area is 249 Å². The SMILES string of the molecule is COc1nc(-c2cccc(-c3cccc(Nc4nc(C)nc5cccnc45)c3C)c2F)ccc1CNC[C@@H]1CCC(=O)N1. The highest BCUT2D eigenvalue weighted by molar-refractivity contribution is 5.88. The fourth-order valence-electron chi connectivity index (χ4n) is 5.44. The number of nitrogens with one attached hydrogen (secondary N) is 3. The molecule has 1 saturated heterocycles. The van der Waals surface area contributed by atoms with Crippen molar-refractivity contribution in [1.29, 1.82) is 0 Å². The third-order valence-corrected chi connectivity index (χ3v) is 7.64. The number of carbonyl (C=O) groups excluding carboxylic acids is 1. The van der Waals surface area contributed by atoms with Crippen LogP contribution in [0.1, 0.15) is 29.8 Å². The molecule has 10 heteroatoms. The van der Waals surface area contributed by atoms with Crippen LogP contribution in [0, 0.1) is 19.7 Å². The highest BCUT2D eigenvalue weighted by Crippen LogP contribution is 2.36. The van der Waals surface area contributed by atoms with Crippen LogP contribution in [0.25, 0.3) is 33.4 Å². The lowest BCUT2D eigenvalue weighted by Gasteiger charge is -2.16. The first kappa shape index (κ1) is 28.2. The minimum Gasteiger partial charge on any atom is -0.481 e. The second-order valence-electron chi connectivity index (χ2n) is 10.6. The molecule has 1 amide bonds. The highest BCUT2D eigenvalue weighted by Gasteiger charge is 2.21. The molecule has 6 rings (SSSR count). The van der Waals surface area contributed by atoms with Crippen LogP contribution in [-0.2, 0) is 11.3 Å². The number of rotatable bonds is 9. The smallest absolute Gasteiger partial charge is 0.220 e. The molecule has 0 radical (unpaired) electrons. The van der Waals surface area contributed by atoms with E-state index in [9.17, 15) is 4.79 Å². The summed E-state index contributed by atoms with van der Waals surface area (Å²) in [5, 5.41) is 9.70. The Balaban J connectivity index is 1.27. The van der Waals surface area contributed by atoms with Crippen molar-refractivity contribution in [2.24, 2.45) is 0 Å². The maximum Gasteiger partial charge on any atom is 0.220 e. The van der Waals surface area contributed by atoms with Gasteiger partial charge in [0.2, 0.25) is 11.8 Å². The molecular weight excluding hydrogens is 545 g/mol. The average Bonchev–Trinajstić information content (AvgIpc) is 3.43. The van der Waals surface area contributed by atoms with Gasteiger partial charge in [-0.05, 0) is 61.7 Å². The van der Waals surface area contributed by atoms with E-state index in [-0.39, 0.29) is 17.8 Å². The van der Waals surface area contributed by atoms with Crippen molar-refractivity contribution in [2.75, 3.05) is 19.0 Å². The maximum absolute atomic E-state index is 16.2. The van der Waals surface area contributed by atoms with Gasteiger partial charge in [-0.15, -0.1) is 0 Å². The van der Waals surface area contributed by atoms with Gasteiger partial charge in [-0.25, -0.2) is 19.3 Å². The standard InChI is InChI=1S/C33H32FN7O2/c1-19-23(7-5-10-26(19)40-32-31-28(11-6-16-36-31)37-20(2)38-32)24-8-4-9-25(30(24)34)27-14-12-21(33(41-27)43-3)17-35-18-22-13-15-29(42)39-22/h4-12,14,16,22,35H,13,15,17-18H2,1-3H3,(H,39,42)(H,37,38,40)/t22-/m0/s1. The number of ether oxygens (including phenoxy) is 1. The topological polar surface area (TPSA) is 114 Å². The predicted octanol–water partition coefficient (Wildman–Crippen LogP) is 5.63. The predicted molar refractivity (Wildman–Crippen MR) is 165 cm³/mol. The zero-order valence-corrected chi connectivity index (χ0v) is 24.2. The molecule has 0 spiro atoms. The molecule has 3 N–H and O–H groups in total. The molecule has 1 atom stereocenters. The summed E-state index contributed by atoms with van der Waals surface area (Å²) in [5.74, 6) is 1.36. The van der Waals surface area contributed by atoms with E-state index in [2.05, 4.69) is 35.9 Å². The molecule has 1 fully saturated rings. The van der Waals surface area contributed by atoms with Gasteiger partial charge in [0.05, 0.1) is 18.3 Å². The molecule has 0 unspecified atom stereocenters. The molecule has 9 nitrogen and oxygen atoms in total. The summed E-state index contributed by atoms with van der Waals surface area (Å²) in [5.41, 5.74) is 5.98. The van der Waals surface area contributed by atoms with Gasteiger partial charge in [0.1, 0.15) is 17.2 Å². The number of aryl methyl sites for hydroxylation is 1. The number of pyridine rings is 2. The van der Waals surface area contributed by atoms with E-state index in [0.717, 1.165) is 34.3 Å². The van der Waals surface area contributed by atoms with Gasteiger partial charge in [0.25, 0.3) is 0 Å². The largest absolute Gasteiger partial charge is 0.481 e. The van der Waals surface area contributed by atoms with Crippen LogP contribution in [0.3, 0.4) is 0 Å². The monoisotopic (exact) mass is 577 g/mol. The molecule has 2 aromatic carbocycles. The van der Waals surface area contributed by atoms with E-state index in [1.807, 2.05) is 56.3 Å². The number of amides is 1. The Kier molecular flexibility index (Phi) is 7.93. The van der Waals surface area contributed by atoms with E-state index in [1.54, 1.807) is 31.5 Å². The van der Waals surface area contributed by atoms with Crippen LogP contribution in [-0.4, -0.2) is 45.5 Å². The quantitative estimate of drug-likeness (QED) is 0.207.